The smallest absolute Gasteiger partial charge is 0.0824 e. The lowest BCUT2D eigenvalue weighted by Gasteiger charge is -2.38. The van der Waals surface area contributed by atoms with Crippen molar-refractivity contribution in [2.24, 2.45) is 5.73 Å². The van der Waals surface area contributed by atoms with E-state index < -0.39 is 0 Å². The van der Waals surface area contributed by atoms with Gasteiger partial charge < -0.3 is 10.5 Å². The SMILES string of the molecule is CCC(c1ccc(Cl)cc1)N1CCOC(CN)C1.Cl. The predicted octanol–water partition coefficient (Wildman–Crippen LogP) is 2.87. The van der Waals surface area contributed by atoms with E-state index in [1.54, 1.807) is 0 Å². The molecule has 0 radical (unpaired) electrons. The monoisotopic (exact) mass is 304 g/mol. The molecule has 0 amide bonds. The highest BCUT2D eigenvalue weighted by Crippen LogP contribution is 2.27. The molecule has 1 saturated heterocycles. The summed E-state index contributed by atoms with van der Waals surface area (Å²) in [4.78, 5) is 2.46. The third-order valence-corrected chi connectivity index (χ3v) is 3.77. The average molecular weight is 305 g/mol. The van der Waals surface area contributed by atoms with Crippen LogP contribution in [-0.2, 0) is 4.74 Å². The number of ether oxygens (including phenoxy) is 1. The van der Waals surface area contributed by atoms with Crippen LogP contribution in [0.4, 0.5) is 0 Å². The number of nitrogens with two attached hydrogens (primary N) is 1. The molecule has 19 heavy (non-hydrogen) atoms. The largest absolute Gasteiger partial charge is 0.374 e. The Morgan fingerprint density at radius 3 is 2.68 bits per heavy atom. The van der Waals surface area contributed by atoms with Crippen LogP contribution in [0.3, 0.4) is 0 Å². The van der Waals surface area contributed by atoms with Gasteiger partial charge in [-0.25, -0.2) is 0 Å². The summed E-state index contributed by atoms with van der Waals surface area (Å²) in [5.74, 6) is 0. The minimum absolute atomic E-state index is 0. The number of hydrogen-bond acceptors (Lipinski definition) is 3. The zero-order valence-electron chi connectivity index (χ0n) is 11.2. The average Bonchev–Trinajstić information content (AvgIpc) is 2.42. The number of nitrogens with zero attached hydrogens (tertiary/aromatic N) is 1. The van der Waals surface area contributed by atoms with E-state index in [9.17, 15) is 0 Å². The van der Waals surface area contributed by atoms with Gasteiger partial charge in [-0.3, -0.25) is 4.90 Å². The summed E-state index contributed by atoms with van der Waals surface area (Å²) in [5, 5.41) is 0.787. The summed E-state index contributed by atoms with van der Waals surface area (Å²) in [7, 11) is 0. The number of morpholine rings is 1. The molecule has 0 aromatic heterocycles. The van der Waals surface area contributed by atoms with Crippen molar-refractivity contribution in [1.82, 2.24) is 4.90 Å². The second-order valence-corrected chi connectivity index (χ2v) is 5.14. The maximum Gasteiger partial charge on any atom is 0.0824 e. The molecule has 2 unspecified atom stereocenters. The molecule has 3 nitrogen and oxygen atoms in total. The third-order valence-electron chi connectivity index (χ3n) is 3.52. The summed E-state index contributed by atoms with van der Waals surface area (Å²) < 4.78 is 5.62. The second-order valence-electron chi connectivity index (χ2n) is 4.70. The predicted molar refractivity (Wildman–Crippen MR) is 82.1 cm³/mol. The first-order valence-corrected chi connectivity index (χ1v) is 6.93. The van der Waals surface area contributed by atoms with Crippen LogP contribution in [0.2, 0.25) is 5.02 Å². The Bertz CT molecular complexity index is 372. The van der Waals surface area contributed by atoms with Crippen LogP contribution in [-0.4, -0.2) is 37.2 Å². The molecular weight excluding hydrogens is 283 g/mol. The van der Waals surface area contributed by atoms with E-state index in [1.807, 2.05) is 12.1 Å². The Morgan fingerprint density at radius 1 is 1.42 bits per heavy atom. The molecule has 1 aromatic carbocycles. The molecule has 1 aromatic rings. The minimum Gasteiger partial charge on any atom is -0.374 e. The Kier molecular flexibility index (Phi) is 7.11. The van der Waals surface area contributed by atoms with Crippen LogP contribution in [0.15, 0.2) is 24.3 Å². The fourth-order valence-corrected chi connectivity index (χ4v) is 2.68. The van der Waals surface area contributed by atoms with Gasteiger partial charge in [0, 0.05) is 30.7 Å². The maximum absolute atomic E-state index is 5.94. The first kappa shape index (κ1) is 16.7. The van der Waals surface area contributed by atoms with E-state index in [4.69, 9.17) is 22.1 Å². The van der Waals surface area contributed by atoms with Gasteiger partial charge in [0.05, 0.1) is 12.7 Å². The second kappa shape index (κ2) is 8.08. The molecule has 0 bridgehead atoms. The molecule has 5 heteroatoms. The Labute approximate surface area is 126 Å². The molecular formula is C14H22Cl2N2O. The number of rotatable bonds is 4. The van der Waals surface area contributed by atoms with Gasteiger partial charge in [0.25, 0.3) is 0 Å². The van der Waals surface area contributed by atoms with E-state index in [0.29, 0.717) is 12.6 Å². The highest BCUT2D eigenvalue weighted by molar-refractivity contribution is 6.30. The fourth-order valence-electron chi connectivity index (χ4n) is 2.56. The number of halogens is 2. The molecule has 1 aliphatic rings. The van der Waals surface area contributed by atoms with Crippen molar-refractivity contribution in [1.29, 1.82) is 0 Å². The van der Waals surface area contributed by atoms with E-state index in [2.05, 4.69) is 24.0 Å². The van der Waals surface area contributed by atoms with Crippen LogP contribution in [0.5, 0.6) is 0 Å². The normalized spacial score (nSPS) is 21.7. The van der Waals surface area contributed by atoms with Crippen molar-refractivity contribution in [2.45, 2.75) is 25.5 Å². The molecule has 108 valence electrons. The Morgan fingerprint density at radius 2 is 2.11 bits per heavy atom. The highest BCUT2D eigenvalue weighted by Gasteiger charge is 2.25. The van der Waals surface area contributed by atoms with Crippen LogP contribution >= 0.6 is 24.0 Å². The zero-order chi connectivity index (χ0) is 13.0. The molecule has 1 heterocycles. The van der Waals surface area contributed by atoms with Crippen molar-refractivity contribution < 1.29 is 4.74 Å². The molecule has 2 atom stereocenters. The molecule has 0 spiro atoms. The summed E-state index contributed by atoms with van der Waals surface area (Å²) in [6, 6.07) is 8.58. The lowest BCUT2D eigenvalue weighted by molar-refractivity contribution is -0.0396. The van der Waals surface area contributed by atoms with Gasteiger partial charge in [-0.05, 0) is 24.1 Å². The molecule has 2 rings (SSSR count). The summed E-state index contributed by atoms with van der Waals surface area (Å²) >= 11 is 5.94. The quantitative estimate of drug-likeness (QED) is 0.929. The number of hydrogen-bond donors (Lipinski definition) is 1. The minimum atomic E-state index is 0. The molecule has 1 aliphatic heterocycles. The number of benzene rings is 1. The first-order valence-electron chi connectivity index (χ1n) is 6.55. The highest BCUT2D eigenvalue weighted by atomic mass is 35.5. The van der Waals surface area contributed by atoms with Gasteiger partial charge in [0.2, 0.25) is 0 Å². The lowest BCUT2D eigenvalue weighted by Crippen LogP contribution is -2.46. The van der Waals surface area contributed by atoms with E-state index in [0.717, 1.165) is 31.1 Å². The van der Waals surface area contributed by atoms with E-state index in [1.165, 1.54) is 5.56 Å². The van der Waals surface area contributed by atoms with E-state index >= 15 is 0 Å². The van der Waals surface area contributed by atoms with E-state index in [-0.39, 0.29) is 18.5 Å². The van der Waals surface area contributed by atoms with Crippen LogP contribution in [0, 0.1) is 0 Å². The van der Waals surface area contributed by atoms with Gasteiger partial charge in [-0.1, -0.05) is 30.7 Å². The van der Waals surface area contributed by atoms with Crippen molar-refractivity contribution in [3.8, 4) is 0 Å². The van der Waals surface area contributed by atoms with Gasteiger partial charge in [0.1, 0.15) is 0 Å². The third kappa shape index (κ3) is 4.33. The molecule has 0 aliphatic carbocycles. The van der Waals surface area contributed by atoms with Gasteiger partial charge >= 0.3 is 0 Å². The zero-order valence-corrected chi connectivity index (χ0v) is 12.8. The molecule has 0 saturated carbocycles. The Hall–Kier alpha value is -0.320. The van der Waals surface area contributed by atoms with Crippen molar-refractivity contribution in [3.05, 3.63) is 34.9 Å². The van der Waals surface area contributed by atoms with Crippen molar-refractivity contribution >= 4 is 24.0 Å². The standard InChI is InChI=1S/C14H21ClN2O.ClH/c1-2-14(11-3-5-12(15)6-4-11)17-7-8-18-13(9-16)10-17;/h3-6,13-14H,2,7-10,16H2,1H3;1H. The van der Waals surface area contributed by atoms with Gasteiger partial charge in [-0.15, -0.1) is 12.4 Å². The summed E-state index contributed by atoms with van der Waals surface area (Å²) in [6.07, 6.45) is 1.25. The van der Waals surface area contributed by atoms with Gasteiger partial charge in [0.15, 0.2) is 0 Å². The maximum atomic E-state index is 5.94. The summed E-state index contributed by atoms with van der Waals surface area (Å²) in [6.45, 7) is 5.46. The van der Waals surface area contributed by atoms with Crippen LogP contribution in [0.25, 0.3) is 0 Å². The molecule has 2 N–H and O–H groups in total. The van der Waals surface area contributed by atoms with Crippen LogP contribution < -0.4 is 5.73 Å². The van der Waals surface area contributed by atoms with Crippen molar-refractivity contribution in [2.75, 3.05) is 26.2 Å². The summed E-state index contributed by atoms with van der Waals surface area (Å²) in [5.41, 5.74) is 7.02. The topological polar surface area (TPSA) is 38.5 Å². The van der Waals surface area contributed by atoms with Gasteiger partial charge in [-0.2, -0.15) is 0 Å². The first-order chi connectivity index (χ1) is 8.74. The Balaban J connectivity index is 0.00000180. The molecule has 1 fully saturated rings. The van der Waals surface area contributed by atoms with Crippen LogP contribution in [0.1, 0.15) is 24.9 Å². The van der Waals surface area contributed by atoms with Crippen molar-refractivity contribution in [3.63, 3.8) is 0 Å². The lowest BCUT2D eigenvalue weighted by atomic mass is 10.0. The fraction of sp³-hybridized carbons (Fsp3) is 0.571.